The van der Waals surface area contributed by atoms with E-state index in [1.54, 1.807) is 6.20 Å². The molecule has 0 radical (unpaired) electrons. The Morgan fingerprint density at radius 2 is 2.18 bits per heavy atom. The van der Waals surface area contributed by atoms with Crippen molar-refractivity contribution in [1.82, 2.24) is 9.88 Å². The lowest BCUT2D eigenvalue weighted by Crippen LogP contribution is -2.48. The standard InChI is InChI=1S/C15H21BrClN3O2/c1-14(2,3)20(13(21)22)9-15(4-5-15)8-19-10-6-11(16)12(17)18-7-10/h6-7,19H,4-5,8-9H2,1-3H3,(H,21,22). The molecule has 1 fully saturated rings. The molecule has 1 saturated carbocycles. The molecule has 1 aromatic heterocycles. The third-order valence-corrected chi connectivity index (χ3v) is 5.09. The number of hydrogen-bond donors (Lipinski definition) is 2. The molecule has 0 aliphatic heterocycles. The van der Waals surface area contributed by atoms with Gasteiger partial charge in [0.15, 0.2) is 0 Å². The molecule has 5 nitrogen and oxygen atoms in total. The highest BCUT2D eigenvalue weighted by Crippen LogP contribution is 2.47. The third-order valence-electron chi connectivity index (χ3n) is 3.96. The minimum absolute atomic E-state index is 0.0117. The Hall–Kier alpha value is -1.01. The molecular formula is C15H21BrClN3O2. The molecule has 0 aromatic carbocycles. The fourth-order valence-electron chi connectivity index (χ4n) is 2.30. The van der Waals surface area contributed by atoms with Crippen LogP contribution >= 0.6 is 27.5 Å². The van der Waals surface area contributed by atoms with E-state index in [-0.39, 0.29) is 5.41 Å². The Bertz CT molecular complexity index is 570. The van der Waals surface area contributed by atoms with Crippen molar-refractivity contribution in [3.05, 3.63) is 21.9 Å². The van der Waals surface area contributed by atoms with Gasteiger partial charge in [0.05, 0.1) is 16.4 Å². The van der Waals surface area contributed by atoms with E-state index in [0.29, 0.717) is 11.7 Å². The molecule has 1 heterocycles. The number of carbonyl (C=O) groups is 1. The van der Waals surface area contributed by atoms with Crippen molar-refractivity contribution in [2.24, 2.45) is 5.41 Å². The third kappa shape index (κ3) is 4.26. The van der Waals surface area contributed by atoms with Crippen LogP contribution < -0.4 is 5.32 Å². The van der Waals surface area contributed by atoms with Crippen LogP contribution in [-0.4, -0.2) is 39.7 Å². The summed E-state index contributed by atoms with van der Waals surface area (Å²) < 4.78 is 0.742. The molecule has 7 heteroatoms. The molecule has 2 N–H and O–H groups in total. The minimum Gasteiger partial charge on any atom is -0.465 e. The summed E-state index contributed by atoms with van der Waals surface area (Å²) in [5, 5.41) is 13.2. The Morgan fingerprint density at radius 3 is 2.64 bits per heavy atom. The number of halogens is 2. The van der Waals surface area contributed by atoms with E-state index in [2.05, 4.69) is 26.2 Å². The maximum Gasteiger partial charge on any atom is 0.407 e. The summed E-state index contributed by atoms with van der Waals surface area (Å²) in [6, 6.07) is 1.88. The summed E-state index contributed by atoms with van der Waals surface area (Å²) in [5.41, 5.74) is 0.490. The van der Waals surface area contributed by atoms with Crippen molar-refractivity contribution >= 4 is 39.3 Å². The Kier molecular flexibility index (Phi) is 4.92. The van der Waals surface area contributed by atoms with Crippen LogP contribution in [0.4, 0.5) is 10.5 Å². The van der Waals surface area contributed by atoms with Crippen molar-refractivity contribution in [1.29, 1.82) is 0 Å². The molecule has 1 aliphatic rings. The molecule has 122 valence electrons. The maximum absolute atomic E-state index is 11.5. The first kappa shape index (κ1) is 17.3. The highest BCUT2D eigenvalue weighted by atomic mass is 79.9. The smallest absolute Gasteiger partial charge is 0.407 e. The van der Waals surface area contributed by atoms with E-state index in [1.807, 2.05) is 26.8 Å². The summed E-state index contributed by atoms with van der Waals surface area (Å²) in [6.07, 6.45) is 2.88. The first-order valence-electron chi connectivity index (χ1n) is 7.18. The zero-order chi connectivity index (χ0) is 16.5. The number of rotatable bonds is 5. The summed E-state index contributed by atoms with van der Waals surface area (Å²) in [4.78, 5) is 17.1. The number of anilines is 1. The molecule has 1 amide bonds. The molecule has 22 heavy (non-hydrogen) atoms. The highest BCUT2D eigenvalue weighted by Gasteiger charge is 2.46. The lowest BCUT2D eigenvalue weighted by molar-refractivity contribution is 0.0866. The first-order valence-corrected chi connectivity index (χ1v) is 8.36. The average Bonchev–Trinajstić information content (AvgIpc) is 3.16. The molecular weight excluding hydrogens is 370 g/mol. The Labute approximate surface area is 144 Å². The van der Waals surface area contributed by atoms with E-state index in [9.17, 15) is 9.90 Å². The fraction of sp³-hybridized carbons (Fsp3) is 0.600. The van der Waals surface area contributed by atoms with Crippen molar-refractivity contribution < 1.29 is 9.90 Å². The second kappa shape index (κ2) is 6.24. The number of nitrogens with one attached hydrogen (secondary N) is 1. The second-order valence-electron chi connectivity index (χ2n) is 6.89. The number of pyridine rings is 1. The topological polar surface area (TPSA) is 65.5 Å². The lowest BCUT2D eigenvalue weighted by atomic mass is 10.0. The molecule has 0 unspecified atom stereocenters. The van der Waals surface area contributed by atoms with Crippen LogP contribution in [0.25, 0.3) is 0 Å². The monoisotopic (exact) mass is 389 g/mol. The SMILES string of the molecule is CC(C)(C)N(CC1(CNc2cnc(Cl)c(Br)c2)CC1)C(=O)O. The normalized spacial score (nSPS) is 16.2. The van der Waals surface area contributed by atoms with Crippen LogP contribution in [0.5, 0.6) is 0 Å². The van der Waals surface area contributed by atoms with E-state index < -0.39 is 11.6 Å². The van der Waals surface area contributed by atoms with Gasteiger partial charge >= 0.3 is 6.09 Å². The van der Waals surface area contributed by atoms with Gasteiger partial charge in [-0.3, -0.25) is 0 Å². The van der Waals surface area contributed by atoms with Gasteiger partial charge in [-0.25, -0.2) is 9.78 Å². The molecule has 0 atom stereocenters. The molecule has 1 aromatic rings. The second-order valence-corrected chi connectivity index (χ2v) is 8.10. The molecule has 0 saturated heterocycles. The van der Waals surface area contributed by atoms with Crippen LogP contribution in [0, 0.1) is 5.41 Å². The molecule has 0 spiro atoms. The highest BCUT2D eigenvalue weighted by molar-refractivity contribution is 9.10. The molecule has 0 bridgehead atoms. The van der Waals surface area contributed by atoms with Gasteiger partial charge in [0, 0.05) is 24.0 Å². The minimum atomic E-state index is -0.866. The number of carboxylic acid groups (broad SMARTS) is 1. The van der Waals surface area contributed by atoms with Crippen LogP contribution in [0.3, 0.4) is 0 Å². The largest absolute Gasteiger partial charge is 0.465 e. The Morgan fingerprint density at radius 1 is 1.55 bits per heavy atom. The van der Waals surface area contributed by atoms with E-state index in [4.69, 9.17) is 11.6 Å². The average molecular weight is 391 g/mol. The van der Waals surface area contributed by atoms with E-state index in [0.717, 1.165) is 29.5 Å². The van der Waals surface area contributed by atoms with Gasteiger partial charge in [0.25, 0.3) is 0 Å². The number of hydrogen-bond acceptors (Lipinski definition) is 3. The summed E-state index contributed by atoms with van der Waals surface area (Å²) in [5.74, 6) is 0. The number of aromatic nitrogens is 1. The van der Waals surface area contributed by atoms with Crippen LogP contribution in [0.1, 0.15) is 33.6 Å². The predicted molar refractivity (Wildman–Crippen MR) is 91.6 cm³/mol. The van der Waals surface area contributed by atoms with Gasteiger partial charge in [0.1, 0.15) is 5.15 Å². The molecule has 1 aliphatic carbocycles. The zero-order valence-electron chi connectivity index (χ0n) is 13.0. The number of amides is 1. The lowest BCUT2D eigenvalue weighted by Gasteiger charge is -2.36. The van der Waals surface area contributed by atoms with Crippen molar-refractivity contribution in [3.8, 4) is 0 Å². The number of nitrogens with zero attached hydrogens (tertiary/aromatic N) is 2. The summed E-state index contributed by atoms with van der Waals surface area (Å²) in [6.45, 7) is 7.03. The van der Waals surface area contributed by atoms with Gasteiger partial charge in [-0.1, -0.05) is 11.6 Å². The first-order chi connectivity index (χ1) is 10.1. The van der Waals surface area contributed by atoms with Crippen LogP contribution in [0.15, 0.2) is 16.7 Å². The van der Waals surface area contributed by atoms with Crippen LogP contribution in [-0.2, 0) is 0 Å². The summed E-state index contributed by atoms with van der Waals surface area (Å²) >= 11 is 9.23. The quantitative estimate of drug-likeness (QED) is 0.728. The predicted octanol–water partition coefficient (Wildman–Crippen LogP) is 4.47. The van der Waals surface area contributed by atoms with Gasteiger partial charge in [-0.2, -0.15) is 0 Å². The van der Waals surface area contributed by atoms with Gasteiger partial charge in [0.2, 0.25) is 0 Å². The molecule has 2 rings (SSSR count). The van der Waals surface area contributed by atoms with Gasteiger partial charge in [-0.15, -0.1) is 0 Å². The van der Waals surface area contributed by atoms with Gasteiger partial charge < -0.3 is 15.3 Å². The van der Waals surface area contributed by atoms with E-state index in [1.165, 1.54) is 4.90 Å². The maximum atomic E-state index is 11.5. The Balaban J connectivity index is 1.99. The van der Waals surface area contributed by atoms with Crippen molar-refractivity contribution in [2.45, 2.75) is 39.2 Å². The van der Waals surface area contributed by atoms with Crippen LogP contribution in [0.2, 0.25) is 5.15 Å². The fourth-order valence-corrected chi connectivity index (χ4v) is 2.75. The van der Waals surface area contributed by atoms with E-state index >= 15 is 0 Å². The van der Waals surface area contributed by atoms with Crippen molar-refractivity contribution in [3.63, 3.8) is 0 Å². The summed E-state index contributed by atoms with van der Waals surface area (Å²) in [7, 11) is 0. The van der Waals surface area contributed by atoms with Gasteiger partial charge in [-0.05, 0) is 55.6 Å². The van der Waals surface area contributed by atoms with Crippen molar-refractivity contribution in [2.75, 3.05) is 18.4 Å². The zero-order valence-corrected chi connectivity index (χ0v) is 15.3.